The van der Waals surface area contributed by atoms with Gasteiger partial charge in [-0.3, -0.25) is 0 Å². The predicted molar refractivity (Wildman–Crippen MR) is 92.0 cm³/mol. The molecule has 4 heteroatoms. The number of aryl methyl sites for hydroxylation is 1. The van der Waals surface area contributed by atoms with Gasteiger partial charge in [-0.1, -0.05) is 62.2 Å². The van der Waals surface area contributed by atoms with E-state index >= 15 is 0 Å². The van der Waals surface area contributed by atoms with Crippen LogP contribution in [0.3, 0.4) is 0 Å². The Hall–Kier alpha value is -2.23. The molecule has 0 spiro atoms. The monoisotopic (exact) mass is 331 g/mol. The van der Waals surface area contributed by atoms with E-state index in [0.717, 1.165) is 24.8 Å². The molecule has 0 unspecified atom stereocenters. The average molecular weight is 331 g/mol. The molecule has 0 aliphatic heterocycles. The van der Waals surface area contributed by atoms with E-state index in [0.29, 0.717) is 22.9 Å². The SMILES string of the molecule is CCCCCc1cccc2[nH]c(-c3ccccc3)c(C(F)(F)F)c12. The maximum Gasteiger partial charge on any atom is 0.419 e. The number of hydrogen-bond donors (Lipinski definition) is 1. The van der Waals surface area contributed by atoms with Crippen molar-refractivity contribution in [3.8, 4) is 11.3 Å². The Labute approximate surface area is 139 Å². The number of aromatic amines is 1. The zero-order chi connectivity index (χ0) is 17.2. The standard InChI is InChI=1S/C20H20F3N/c1-2-3-5-9-14-12-8-13-16-17(14)18(20(21,22)23)19(24-16)15-10-6-4-7-11-15/h4,6-8,10-13,24H,2-3,5,9H2,1H3. The number of fused-ring (bicyclic) bond motifs is 1. The van der Waals surface area contributed by atoms with Crippen LogP contribution in [-0.2, 0) is 12.6 Å². The van der Waals surface area contributed by atoms with E-state index in [1.165, 1.54) is 0 Å². The van der Waals surface area contributed by atoms with Gasteiger partial charge in [-0.15, -0.1) is 0 Å². The highest BCUT2D eigenvalue weighted by atomic mass is 19.4. The van der Waals surface area contributed by atoms with Crippen LogP contribution >= 0.6 is 0 Å². The second kappa shape index (κ2) is 6.71. The van der Waals surface area contributed by atoms with Crippen LogP contribution in [0, 0.1) is 0 Å². The van der Waals surface area contributed by atoms with E-state index < -0.39 is 11.7 Å². The van der Waals surface area contributed by atoms with E-state index in [4.69, 9.17) is 0 Å². The smallest absolute Gasteiger partial charge is 0.354 e. The molecule has 2 aromatic carbocycles. The Morgan fingerprint density at radius 3 is 2.33 bits per heavy atom. The number of halogens is 3. The number of H-pyrrole nitrogens is 1. The zero-order valence-corrected chi connectivity index (χ0v) is 13.6. The van der Waals surface area contributed by atoms with Crippen molar-refractivity contribution in [3.63, 3.8) is 0 Å². The molecule has 126 valence electrons. The lowest BCUT2D eigenvalue weighted by Gasteiger charge is -2.11. The normalized spacial score (nSPS) is 12.0. The van der Waals surface area contributed by atoms with Crippen molar-refractivity contribution in [2.24, 2.45) is 0 Å². The van der Waals surface area contributed by atoms with Crippen LogP contribution < -0.4 is 0 Å². The summed E-state index contributed by atoms with van der Waals surface area (Å²) in [5.41, 5.74) is 1.49. The van der Waals surface area contributed by atoms with Gasteiger partial charge in [-0.25, -0.2) is 0 Å². The first-order valence-corrected chi connectivity index (χ1v) is 8.28. The minimum absolute atomic E-state index is 0.154. The number of nitrogens with one attached hydrogen (secondary N) is 1. The fourth-order valence-corrected chi connectivity index (χ4v) is 3.20. The number of benzene rings is 2. The second-order valence-corrected chi connectivity index (χ2v) is 6.04. The molecule has 0 atom stereocenters. The Morgan fingerprint density at radius 2 is 1.67 bits per heavy atom. The lowest BCUT2D eigenvalue weighted by atomic mass is 9.98. The summed E-state index contributed by atoms with van der Waals surface area (Å²) >= 11 is 0. The van der Waals surface area contributed by atoms with Gasteiger partial charge < -0.3 is 4.98 Å². The number of unbranched alkanes of at least 4 members (excludes halogenated alkanes) is 2. The molecule has 0 saturated carbocycles. The summed E-state index contributed by atoms with van der Waals surface area (Å²) in [4.78, 5) is 3.00. The zero-order valence-electron chi connectivity index (χ0n) is 13.6. The molecule has 3 rings (SSSR count). The minimum Gasteiger partial charge on any atom is -0.354 e. The molecule has 3 aromatic rings. The maximum atomic E-state index is 13.8. The van der Waals surface area contributed by atoms with Crippen molar-refractivity contribution in [1.29, 1.82) is 0 Å². The molecule has 24 heavy (non-hydrogen) atoms. The highest BCUT2D eigenvalue weighted by molar-refractivity contribution is 5.94. The van der Waals surface area contributed by atoms with Gasteiger partial charge in [-0.05, 0) is 30.0 Å². The molecule has 0 aliphatic rings. The van der Waals surface area contributed by atoms with Crippen molar-refractivity contribution in [1.82, 2.24) is 4.98 Å². The van der Waals surface area contributed by atoms with Gasteiger partial charge in [0.25, 0.3) is 0 Å². The molecule has 1 N–H and O–H groups in total. The highest BCUT2D eigenvalue weighted by Gasteiger charge is 2.38. The Morgan fingerprint density at radius 1 is 0.917 bits per heavy atom. The summed E-state index contributed by atoms with van der Waals surface area (Å²) in [7, 11) is 0. The van der Waals surface area contributed by atoms with E-state index in [1.807, 2.05) is 12.1 Å². The van der Waals surface area contributed by atoms with Crippen LogP contribution in [0.1, 0.15) is 37.3 Å². The number of hydrogen-bond acceptors (Lipinski definition) is 0. The van der Waals surface area contributed by atoms with E-state index in [9.17, 15) is 13.2 Å². The third-order valence-corrected chi connectivity index (χ3v) is 4.31. The third-order valence-electron chi connectivity index (χ3n) is 4.31. The molecule has 1 nitrogen and oxygen atoms in total. The maximum absolute atomic E-state index is 13.8. The molecule has 0 bridgehead atoms. The van der Waals surface area contributed by atoms with E-state index in [-0.39, 0.29) is 5.69 Å². The molecule has 0 amide bonds. The number of aromatic nitrogens is 1. The minimum atomic E-state index is -4.40. The second-order valence-electron chi connectivity index (χ2n) is 6.04. The van der Waals surface area contributed by atoms with Gasteiger partial charge in [0.05, 0.1) is 11.3 Å². The summed E-state index contributed by atoms with van der Waals surface area (Å²) in [6.07, 6.45) is -0.762. The molecule has 0 fully saturated rings. The van der Waals surface area contributed by atoms with Crippen molar-refractivity contribution >= 4 is 10.9 Å². The van der Waals surface area contributed by atoms with Crippen molar-refractivity contribution in [2.45, 2.75) is 38.8 Å². The van der Waals surface area contributed by atoms with E-state index in [1.54, 1.807) is 36.4 Å². The Bertz CT molecular complexity index is 816. The molecule has 0 aliphatic carbocycles. The van der Waals surface area contributed by atoms with Gasteiger partial charge in [0.15, 0.2) is 0 Å². The average Bonchev–Trinajstić information content (AvgIpc) is 2.96. The topological polar surface area (TPSA) is 15.8 Å². The molecule has 1 aromatic heterocycles. The van der Waals surface area contributed by atoms with E-state index in [2.05, 4.69) is 11.9 Å². The van der Waals surface area contributed by atoms with Gasteiger partial charge in [0, 0.05) is 10.9 Å². The lowest BCUT2D eigenvalue weighted by molar-refractivity contribution is -0.135. The van der Waals surface area contributed by atoms with Gasteiger partial charge in [0.1, 0.15) is 0 Å². The van der Waals surface area contributed by atoms with Crippen LogP contribution in [0.2, 0.25) is 0 Å². The van der Waals surface area contributed by atoms with Crippen molar-refractivity contribution in [3.05, 3.63) is 59.7 Å². The fourth-order valence-electron chi connectivity index (χ4n) is 3.20. The van der Waals surface area contributed by atoms with Gasteiger partial charge >= 0.3 is 6.18 Å². The summed E-state index contributed by atoms with van der Waals surface area (Å²) < 4.78 is 41.5. The van der Waals surface area contributed by atoms with Crippen LogP contribution in [0.15, 0.2) is 48.5 Å². The predicted octanol–water partition coefficient (Wildman–Crippen LogP) is 6.59. The van der Waals surface area contributed by atoms with Crippen molar-refractivity contribution < 1.29 is 13.2 Å². The fraction of sp³-hybridized carbons (Fsp3) is 0.300. The lowest BCUT2D eigenvalue weighted by Crippen LogP contribution is -2.07. The highest BCUT2D eigenvalue weighted by Crippen LogP contribution is 2.43. The Kier molecular flexibility index (Phi) is 4.65. The quantitative estimate of drug-likeness (QED) is 0.508. The summed E-state index contributed by atoms with van der Waals surface area (Å²) in [6.45, 7) is 2.09. The molecular weight excluding hydrogens is 311 g/mol. The largest absolute Gasteiger partial charge is 0.419 e. The Balaban J connectivity index is 2.21. The van der Waals surface area contributed by atoms with Crippen LogP contribution in [0.4, 0.5) is 13.2 Å². The summed E-state index contributed by atoms with van der Waals surface area (Å²) in [5, 5.41) is 0.319. The summed E-state index contributed by atoms with van der Waals surface area (Å²) in [5.74, 6) is 0. The first kappa shape index (κ1) is 16.6. The summed E-state index contributed by atoms with van der Waals surface area (Å²) in [6, 6.07) is 14.1. The first-order valence-electron chi connectivity index (χ1n) is 8.28. The molecule has 1 heterocycles. The molecule has 0 saturated heterocycles. The van der Waals surface area contributed by atoms with Gasteiger partial charge in [0.2, 0.25) is 0 Å². The van der Waals surface area contributed by atoms with Crippen LogP contribution in [0.25, 0.3) is 22.2 Å². The number of rotatable bonds is 5. The van der Waals surface area contributed by atoms with Crippen molar-refractivity contribution in [2.75, 3.05) is 0 Å². The first-order chi connectivity index (χ1) is 11.5. The third kappa shape index (κ3) is 3.18. The van der Waals surface area contributed by atoms with Crippen LogP contribution in [0.5, 0.6) is 0 Å². The van der Waals surface area contributed by atoms with Gasteiger partial charge in [-0.2, -0.15) is 13.2 Å². The molecule has 0 radical (unpaired) electrons. The molecular formula is C20H20F3N. The number of alkyl halides is 3. The van der Waals surface area contributed by atoms with Crippen LogP contribution in [-0.4, -0.2) is 4.98 Å².